The van der Waals surface area contributed by atoms with Crippen LogP contribution in [0.5, 0.6) is 11.5 Å². The van der Waals surface area contributed by atoms with E-state index < -0.39 is 29.1 Å². The topological polar surface area (TPSA) is 43.7 Å². The molecule has 1 spiro atoms. The molecule has 1 fully saturated rings. The molecule has 3 aromatic rings. The number of hydrogen-bond acceptors (Lipinski definition) is 3. The van der Waals surface area contributed by atoms with Crippen molar-refractivity contribution in [1.82, 2.24) is 9.47 Å². The lowest BCUT2D eigenvalue weighted by Crippen LogP contribution is -2.50. The number of amides is 1. The van der Waals surface area contributed by atoms with Crippen molar-refractivity contribution < 1.29 is 31.8 Å². The molecular formula is C24H20F4N2O3. The molecule has 0 unspecified atom stereocenters. The molecule has 1 aromatic heterocycles. The minimum absolute atomic E-state index is 0.0561. The first-order valence-corrected chi connectivity index (χ1v) is 10.4. The third kappa shape index (κ3) is 3.51. The van der Waals surface area contributed by atoms with Crippen LogP contribution < -0.4 is 9.47 Å². The number of likely N-dealkylation sites (tertiary alicyclic amines) is 1. The Morgan fingerprint density at radius 3 is 2.55 bits per heavy atom. The van der Waals surface area contributed by atoms with Crippen LogP contribution >= 0.6 is 0 Å². The summed E-state index contributed by atoms with van der Waals surface area (Å²) < 4.78 is 67.0. The van der Waals surface area contributed by atoms with Crippen molar-refractivity contribution >= 4 is 5.91 Å². The predicted octanol–water partition coefficient (Wildman–Crippen LogP) is 5.17. The number of carbonyl (C=O) groups excluding carboxylic acids is 1. The van der Waals surface area contributed by atoms with Crippen LogP contribution in [-0.2, 0) is 11.8 Å². The number of ether oxygens (including phenoxy) is 2. The van der Waals surface area contributed by atoms with Crippen molar-refractivity contribution in [3.8, 4) is 17.2 Å². The molecule has 5 nitrogen and oxygen atoms in total. The number of alkyl halides is 3. The number of fused-ring (bicyclic) bond motifs is 4. The van der Waals surface area contributed by atoms with Crippen molar-refractivity contribution in [1.29, 1.82) is 0 Å². The lowest BCUT2D eigenvalue weighted by molar-refractivity contribution is -0.138. The average molecular weight is 460 g/mol. The van der Waals surface area contributed by atoms with E-state index in [1.807, 2.05) is 22.9 Å². The maximum absolute atomic E-state index is 13.8. The number of methoxy groups -OCH3 is 1. The number of piperidine rings is 1. The third-order valence-corrected chi connectivity index (χ3v) is 6.31. The van der Waals surface area contributed by atoms with Crippen LogP contribution in [0.2, 0.25) is 0 Å². The monoisotopic (exact) mass is 460 g/mol. The SMILES string of the molecule is COc1ccc(C(=O)N2CCC3(CC2)Oc2cc(F)ccc2-n2cccc23)cc1C(F)(F)F. The minimum atomic E-state index is -4.64. The normalized spacial score (nSPS) is 16.7. The van der Waals surface area contributed by atoms with Crippen LogP contribution in [0, 0.1) is 5.82 Å². The predicted molar refractivity (Wildman–Crippen MR) is 111 cm³/mol. The highest BCUT2D eigenvalue weighted by Crippen LogP contribution is 2.45. The van der Waals surface area contributed by atoms with E-state index in [9.17, 15) is 22.4 Å². The van der Waals surface area contributed by atoms with Gasteiger partial charge >= 0.3 is 6.18 Å². The molecule has 0 radical (unpaired) electrons. The zero-order valence-corrected chi connectivity index (χ0v) is 17.7. The number of aromatic nitrogens is 1. The fourth-order valence-electron chi connectivity index (χ4n) is 4.67. The lowest BCUT2D eigenvalue weighted by Gasteiger charge is -2.45. The van der Waals surface area contributed by atoms with Gasteiger partial charge in [-0.3, -0.25) is 4.79 Å². The first kappa shape index (κ1) is 21.4. The number of benzene rings is 2. The van der Waals surface area contributed by atoms with E-state index in [0.29, 0.717) is 18.6 Å². The highest BCUT2D eigenvalue weighted by molar-refractivity contribution is 5.94. The van der Waals surface area contributed by atoms with Gasteiger partial charge in [0.05, 0.1) is 24.1 Å². The molecule has 0 saturated carbocycles. The molecule has 0 bridgehead atoms. The molecule has 2 aliphatic heterocycles. The van der Waals surface area contributed by atoms with Gasteiger partial charge in [0.25, 0.3) is 5.91 Å². The van der Waals surface area contributed by atoms with Crippen LogP contribution in [0.4, 0.5) is 17.6 Å². The molecule has 2 aromatic carbocycles. The van der Waals surface area contributed by atoms with Gasteiger partial charge in [-0.1, -0.05) is 0 Å². The second-order valence-electron chi connectivity index (χ2n) is 8.18. The summed E-state index contributed by atoms with van der Waals surface area (Å²) in [7, 11) is 1.15. The minimum Gasteiger partial charge on any atom is -0.496 e. The zero-order chi connectivity index (χ0) is 23.4. The van der Waals surface area contributed by atoms with Crippen molar-refractivity contribution in [2.24, 2.45) is 0 Å². The smallest absolute Gasteiger partial charge is 0.419 e. The second-order valence-corrected chi connectivity index (χ2v) is 8.18. The first-order chi connectivity index (χ1) is 15.7. The molecule has 0 N–H and O–H groups in total. The fraction of sp³-hybridized carbons (Fsp3) is 0.292. The molecule has 1 saturated heterocycles. The van der Waals surface area contributed by atoms with Crippen LogP contribution in [-0.4, -0.2) is 35.6 Å². The summed E-state index contributed by atoms with van der Waals surface area (Å²) in [6, 6.07) is 11.5. The average Bonchev–Trinajstić information content (AvgIpc) is 3.29. The molecule has 33 heavy (non-hydrogen) atoms. The summed E-state index contributed by atoms with van der Waals surface area (Å²) in [5, 5.41) is 0. The molecule has 1 amide bonds. The molecule has 172 valence electrons. The van der Waals surface area contributed by atoms with Crippen LogP contribution in [0.3, 0.4) is 0 Å². The van der Waals surface area contributed by atoms with Crippen LogP contribution in [0.1, 0.15) is 34.5 Å². The molecule has 0 aliphatic carbocycles. The van der Waals surface area contributed by atoms with Crippen molar-refractivity contribution in [3.05, 3.63) is 77.4 Å². The van der Waals surface area contributed by atoms with Crippen molar-refractivity contribution in [3.63, 3.8) is 0 Å². The molecular weight excluding hydrogens is 440 g/mol. The molecule has 9 heteroatoms. The van der Waals surface area contributed by atoms with E-state index in [0.717, 1.165) is 30.6 Å². The van der Waals surface area contributed by atoms with Crippen LogP contribution in [0.15, 0.2) is 54.7 Å². The van der Waals surface area contributed by atoms with E-state index in [1.165, 1.54) is 23.1 Å². The Bertz CT molecular complexity index is 1230. The van der Waals surface area contributed by atoms with E-state index >= 15 is 0 Å². The lowest BCUT2D eigenvalue weighted by atomic mass is 9.86. The Morgan fingerprint density at radius 2 is 1.85 bits per heavy atom. The quantitative estimate of drug-likeness (QED) is 0.496. The molecule has 3 heterocycles. The number of nitrogens with zero attached hydrogens (tertiary/aromatic N) is 2. The van der Waals surface area contributed by atoms with E-state index in [-0.39, 0.29) is 24.4 Å². The molecule has 2 aliphatic rings. The van der Waals surface area contributed by atoms with E-state index in [2.05, 4.69) is 0 Å². The van der Waals surface area contributed by atoms with Gasteiger partial charge in [0.1, 0.15) is 17.3 Å². The van der Waals surface area contributed by atoms with E-state index in [1.54, 1.807) is 6.07 Å². The van der Waals surface area contributed by atoms with Crippen molar-refractivity contribution in [2.75, 3.05) is 20.2 Å². The second kappa shape index (κ2) is 7.54. The number of carbonyl (C=O) groups is 1. The summed E-state index contributed by atoms with van der Waals surface area (Å²) in [5.74, 6) is -0.815. The number of hydrogen-bond donors (Lipinski definition) is 0. The van der Waals surface area contributed by atoms with Gasteiger partial charge in [-0.25, -0.2) is 4.39 Å². The summed E-state index contributed by atoms with van der Waals surface area (Å²) in [6.45, 7) is 0.560. The van der Waals surface area contributed by atoms with Gasteiger partial charge in [0.15, 0.2) is 5.60 Å². The zero-order valence-electron chi connectivity index (χ0n) is 17.7. The maximum Gasteiger partial charge on any atom is 0.419 e. The Labute approximate surface area is 187 Å². The summed E-state index contributed by atoms with van der Waals surface area (Å²) in [5.41, 5.74) is -0.162. The number of rotatable bonds is 2. The van der Waals surface area contributed by atoms with E-state index in [4.69, 9.17) is 9.47 Å². The summed E-state index contributed by atoms with van der Waals surface area (Å²) >= 11 is 0. The Morgan fingerprint density at radius 1 is 1.09 bits per heavy atom. The number of halogens is 4. The standard InChI is InChI=1S/C24H20F4N2O3/c1-32-19-7-4-15(13-17(19)24(26,27)28)22(31)29-11-8-23(9-12-29)21-3-2-10-30(21)18-6-5-16(25)14-20(18)33-23/h2-7,10,13-14H,8-9,11-12H2,1H3. The Balaban J connectivity index is 1.39. The fourth-order valence-corrected chi connectivity index (χ4v) is 4.67. The van der Waals surface area contributed by atoms with Gasteiger partial charge in [-0.05, 0) is 42.5 Å². The summed E-state index contributed by atoms with van der Waals surface area (Å²) in [6.07, 6.45) is -1.93. The van der Waals surface area contributed by atoms with Gasteiger partial charge in [0, 0.05) is 43.8 Å². The van der Waals surface area contributed by atoms with Crippen LogP contribution in [0.25, 0.3) is 5.69 Å². The van der Waals surface area contributed by atoms with Crippen molar-refractivity contribution in [2.45, 2.75) is 24.6 Å². The van der Waals surface area contributed by atoms with Gasteiger partial charge in [-0.15, -0.1) is 0 Å². The third-order valence-electron chi connectivity index (χ3n) is 6.31. The maximum atomic E-state index is 13.8. The highest BCUT2D eigenvalue weighted by atomic mass is 19.4. The first-order valence-electron chi connectivity index (χ1n) is 10.4. The Kier molecular flexibility index (Phi) is 4.88. The van der Waals surface area contributed by atoms with Gasteiger partial charge < -0.3 is 18.9 Å². The molecule has 5 rings (SSSR count). The highest BCUT2D eigenvalue weighted by Gasteiger charge is 2.45. The largest absolute Gasteiger partial charge is 0.496 e. The van der Waals surface area contributed by atoms with Gasteiger partial charge in [-0.2, -0.15) is 13.2 Å². The molecule has 0 atom stereocenters. The Hall–Kier alpha value is -3.49. The summed E-state index contributed by atoms with van der Waals surface area (Å²) in [4.78, 5) is 14.5. The van der Waals surface area contributed by atoms with Gasteiger partial charge in [0.2, 0.25) is 0 Å².